The van der Waals surface area contributed by atoms with Crippen LogP contribution in [-0.2, 0) is 4.74 Å². The van der Waals surface area contributed by atoms with Crippen LogP contribution in [0.15, 0.2) is 23.4 Å². The van der Waals surface area contributed by atoms with Crippen molar-refractivity contribution >= 4 is 5.84 Å². The van der Waals surface area contributed by atoms with Crippen molar-refractivity contribution in [2.24, 2.45) is 10.9 Å². The Balaban J connectivity index is 2.74. The molecule has 5 heteroatoms. The van der Waals surface area contributed by atoms with Gasteiger partial charge in [0, 0.05) is 0 Å². The fourth-order valence-corrected chi connectivity index (χ4v) is 1.53. The predicted molar refractivity (Wildman–Crippen MR) is 70.3 cm³/mol. The van der Waals surface area contributed by atoms with E-state index in [1.54, 1.807) is 6.07 Å². The first-order valence-corrected chi connectivity index (χ1v) is 5.88. The molecule has 0 fully saturated rings. The van der Waals surface area contributed by atoms with Crippen molar-refractivity contribution < 1.29 is 14.7 Å². The SMILES string of the molecule is Cc1cccc(/C(N)=N/O)c1OCCOC(C)C. The number of ether oxygens (including phenoxy) is 2. The molecular weight excluding hydrogens is 232 g/mol. The first-order valence-electron chi connectivity index (χ1n) is 5.88. The molecular formula is C13H20N2O3. The summed E-state index contributed by atoms with van der Waals surface area (Å²) < 4.78 is 11.0. The van der Waals surface area contributed by atoms with Gasteiger partial charge in [0.05, 0.1) is 18.3 Å². The van der Waals surface area contributed by atoms with Crippen molar-refractivity contribution in [1.29, 1.82) is 0 Å². The smallest absolute Gasteiger partial charge is 0.173 e. The first kappa shape index (κ1) is 14.3. The highest BCUT2D eigenvalue weighted by Crippen LogP contribution is 2.23. The van der Waals surface area contributed by atoms with Gasteiger partial charge < -0.3 is 20.4 Å². The van der Waals surface area contributed by atoms with Crippen LogP contribution in [0.3, 0.4) is 0 Å². The molecule has 1 rings (SSSR count). The summed E-state index contributed by atoms with van der Waals surface area (Å²) in [5.41, 5.74) is 7.12. The second-order valence-electron chi connectivity index (χ2n) is 4.20. The van der Waals surface area contributed by atoms with Crippen LogP contribution in [0.1, 0.15) is 25.0 Å². The molecule has 5 nitrogen and oxygen atoms in total. The van der Waals surface area contributed by atoms with E-state index in [-0.39, 0.29) is 11.9 Å². The molecule has 0 bridgehead atoms. The summed E-state index contributed by atoms with van der Waals surface area (Å²) in [4.78, 5) is 0. The Hall–Kier alpha value is -1.75. The lowest BCUT2D eigenvalue weighted by molar-refractivity contribution is 0.0551. The molecule has 0 amide bonds. The van der Waals surface area contributed by atoms with Crippen molar-refractivity contribution in [1.82, 2.24) is 0 Å². The van der Waals surface area contributed by atoms with E-state index < -0.39 is 0 Å². The third-order valence-corrected chi connectivity index (χ3v) is 2.38. The predicted octanol–water partition coefficient (Wildman–Crippen LogP) is 1.89. The zero-order valence-electron chi connectivity index (χ0n) is 11.0. The summed E-state index contributed by atoms with van der Waals surface area (Å²) in [5.74, 6) is 0.665. The Kier molecular flexibility index (Phi) is 5.45. The zero-order chi connectivity index (χ0) is 13.5. The summed E-state index contributed by atoms with van der Waals surface area (Å²) in [6.07, 6.45) is 0.175. The molecule has 0 unspecified atom stereocenters. The van der Waals surface area contributed by atoms with E-state index in [0.29, 0.717) is 24.5 Å². The van der Waals surface area contributed by atoms with Crippen LogP contribution in [0, 0.1) is 6.92 Å². The summed E-state index contributed by atoms with van der Waals surface area (Å²) >= 11 is 0. The number of amidine groups is 1. The third kappa shape index (κ3) is 3.92. The molecule has 0 spiro atoms. The average molecular weight is 252 g/mol. The molecule has 18 heavy (non-hydrogen) atoms. The van der Waals surface area contributed by atoms with Crippen LogP contribution < -0.4 is 10.5 Å². The molecule has 0 aromatic heterocycles. The zero-order valence-corrected chi connectivity index (χ0v) is 11.0. The highest BCUT2D eigenvalue weighted by molar-refractivity contribution is 5.99. The van der Waals surface area contributed by atoms with Crippen molar-refractivity contribution in [3.8, 4) is 5.75 Å². The second kappa shape index (κ2) is 6.86. The average Bonchev–Trinajstić information content (AvgIpc) is 2.34. The standard InChI is InChI=1S/C13H20N2O3/c1-9(2)17-7-8-18-12-10(3)5-4-6-11(12)13(14)15-16/h4-6,9,16H,7-8H2,1-3H3,(H2,14,15). The van der Waals surface area contributed by atoms with Crippen LogP contribution >= 0.6 is 0 Å². The number of oxime groups is 1. The molecule has 100 valence electrons. The number of aryl methyl sites for hydroxylation is 1. The lowest BCUT2D eigenvalue weighted by Crippen LogP contribution is -2.17. The van der Waals surface area contributed by atoms with E-state index in [9.17, 15) is 0 Å². The number of hydrogen-bond donors (Lipinski definition) is 2. The Morgan fingerprint density at radius 2 is 2.11 bits per heavy atom. The number of hydrogen-bond acceptors (Lipinski definition) is 4. The van der Waals surface area contributed by atoms with Gasteiger partial charge in [0.15, 0.2) is 5.84 Å². The minimum absolute atomic E-state index is 0.0403. The number of rotatable bonds is 6. The number of nitrogens with zero attached hydrogens (tertiary/aromatic N) is 1. The number of benzene rings is 1. The molecule has 0 saturated heterocycles. The molecule has 0 aliphatic rings. The van der Waals surface area contributed by atoms with E-state index in [1.165, 1.54) is 0 Å². The number of para-hydroxylation sites is 1. The van der Waals surface area contributed by atoms with Gasteiger partial charge in [-0.1, -0.05) is 17.3 Å². The maximum Gasteiger partial charge on any atom is 0.173 e. The molecule has 0 radical (unpaired) electrons. The maximum absolute atomic E-state index is 8.73. The van der Waals surface area contributed by atoms with Crippen molar-refractivity contribution in [2.45, 2.75) is 26.9 Å². The van der Waals surface area contributed by atoms with Crippen LogP contribution in [0.5, 0.6) is 5.75 Å². The molecule has 0 atom stereocenters. The Bertz CT molecular complexity index is 417. The molecule has 0 saturated carbocycles. The molecule has 3 N–H and O–H groups in total. The molecule has 0 aliphatic heterocycles. The van der Waals surface area contributed by atoms with E-state index in [4.69, 9.17) is 20.4 Å². The van der Waals surface area contributed by atoms with Crippen molar-refractivity contribution in [3.63, 3.8) is 0 Å². The van der Waals surface area contributed by atoms with Gasteiger partial charge in [-0.3, -0.25) is 0 Å². The third-order valence-electron chi connectivity index (χ3n) is 2.38. The molecule has 0 heterocycles. The quantitative estimate of drug-likeness (QED) is 0.266. The molecule has 0 aliphatic carbocycles. The highest BCUT2D eigenvalue weighted by Gasteiger charge is 2.10. The van der Waals surface area contributed by atoms with E-state index in [2.05, 4.69) is 5.16 Å². The largest absolute Gasteiger partial charge is 0.490 e. The van der Waals surface area contributed by atoms with E-state index in [1.807, 2.05) is 32.9 Å². The van der Waals surface area contributed by atoms with Gasteiger partial charge >= 0.3 is 0 Å². The van der Waals surface area contributed by atoms with Gasteiger partial charge in [0.1, 0.15) is 12.4 Å². The lowest BCUT2D eigenvalue weighted by Gasteiger charge is -2.14. The van der Waals surface area contributed by atoms with Crippen LogP contribution in [0.25, 0.3) is 0 Å². The van der Waals surface area contributed by atoms with Gasteiger partial charge in [-0.15, -0.1) is 0 Å². The van der Waals surface area contributed by atoms with Crippen molar-refractivity contribution in [3.05, 3.63) is 29.3 Å². The fourth-order valence-electron chi connectivity index (χ4n) is 1.53. The van der Waals surface area contributed by atoms with E-state index >= 15 is 0 Å². The monoisotopic (exact) mass is 252 g/mol. The van der Waals surface area contributed by atoms with Gasteiger partial charge in [-0.2, -0.15) is 0 Å². The fraction of sp³-hybridized carbons (Fsp3) is 0.462. The highest BCUT2D eigenvalue weighted by atomic mass is 16.5. The first-order chi connectivity index (χ1) is 8.56. The summed E-state index contributed by atoms with van der Waals surface area (Å²) in [7, 11) is 0. The Labute approximate surface area is 107 Å². The molecule has 1 aromatic carbocycles. The second-order valence-corrected chi connectivity index (χ2v) is 4.20. The maximum atomic E-state index is 8.73. The lowest BCUT2D eigenvalue weighted by atomic mass is 10.1. The van der Waals surface area contributed by atoms with Gasteiger partial charge in [0.2, 0.25) is 0 Å². The van der Waals surface area contributed by atoms with Gasteiger partial charge in [0.25, 0.3) is 0 Å². The Morgan fingerprint density at radius 1 is 1.39 bits per heavy atom. The number of nitrogens with two attached hydrogens (primary N) is 1. The van der Waals surface area contributed by atoms with Gasteiger partial charge in [-0.05, 0) is 32.4 Å². The minimum atomic E-state index is 0.0403. The topological polar surface area (TPSA) is 77.1 Å². The van der Waals surface area contributed by atoms with Crippen molar-refractivity contribution in [2.75, 3.05) is 13.2 Å². The van der Waals surface area contributed by atoms with Gasteiger partial charge in [-0.25, -0.2) is 0 Å². The summed E-state index contributed by atoms with van der Waals surface area (Å²) in [5, 5.41) is 11.7. The molecule has 1 aromatic rings. The Morgan fingerprint density at radius 3 is 2.72 bits per heavy atom. The van der Waals surface area contributed by atoms with E-state index in [0.717, 1.165) is 5.56 Å². The summed E-state index contributed by atoms with van der Waals surface area (Å²) in [6, 6.07) is 5.49. The normalized spacial score (nSPS) is 11.9. The van der Waals surface area contributed by atoms with Crippen LogP contribution in [0.2, 0.25) is 0 Å². The summed E-state index contributed by atoms with van der Waals surface area (Å²) in [6.45, 7) is 6.77. The minimum Gasteiger partial charge on any atom is -0.490 e. The van der Waals surface area contributed by atoms with Crippen LogP contribution in [-0.4, -0.2) is 30.4 Å². The van der Waals surface area contributed by atoms with Crippen LogP contribution in [0.4, 0.5) is 0 Å².